The predicted molar refractivity (Wildman–Crippen MR) is 111 cm³/mol. The van der Waals surface area contributed by atoms with E-state index in [1.165, 1.54) is 0 Å². The van der Waals surface area contributed by atoms with Crippen LogP contribution in [0.4, 0.5) is 5.13 Å². The summed E-state index contributed by atoms with van der Waals surface area (Å²) in [6.45, 7) is 2.98. The van der Waals surface area contributed by atoms with Gasteiger partial charge in [-0.15, -0.1) is 0 Å². The molecule has 0 spiro atoms. The van der Waals surface area contributed by atoms with E-state index in [9.17, 15) is 4.79 Å². The fraction of sp³-hybridized carbons (Fsp3) is 0.333. The van der Waals surface area contributed by atoms with Crippen LogP contribution in [-0.4, -0.2) is 61.8 Å². The molecule has 2 aliphatic heterocycles. The van der Waals surface area contributed by atoms with Crippen molar-refractivity contribution in [2.24, 2.45) is 0 Å². The molecule has 29 heavy (non-hydrogen) atoms. The van der Waals surface area contributed by atoms with Gasteiger partial charge in [0.05, 0.1) is 11.8 Å². The molecule has 1 amide bonds. The number of benzene rings is 2. The lowest BCUT2D eigenvalue weighted by Gasteiger charge is -2.37. The summed E-state index contributed by atoms with van der Waals surface area (Å²) in [6, 6.07) is 13.4. The lowest BCUT2D eigenvalue weighted by molar-refractivity contribution is -0.141. The Morgan fingerprint density at radius 1 is 1.10 bits per heavy atom. The number of fused-ring (bicyclic) bond motifs is 2. The number of nitrogens with zero attached hydrogens (tertiary/aromatic N) is 3. The smallest absolute Gasteiger partial charge is 0.267 e. The van der Waals surface area contributed by atoms with Crippen molar-refractivity contribution in [2.45, 2.75) is 6.10 Å². The third kappa shape index (κ3) is 3.33. The zero-order valence-corrected chi connectivity index (χ0v) is 16.9. The maximum atomic E-state index is 12.9. The van der Waals surface area contributed by atoms with Crippen LogP contribution in [0.1, 0.15) is 0 Å². The Bertz CT molecular complexity index is 1050. The Labute approximate surface area is 172 Å². The Balaban J connectivity index is 1.24. The monoisotopic (exact) mass is 411 g/mol. The number of carbonyl (C=O) groups excluding carboxylic acids is 1. The van der Waals surface area contributed by atoms with Crippen molar-refractivity contribution in [3.8, 4) is 17.2 Å². The quantitative estimate of drug-likeness (QED) is 0.660. The lowest BCUT2D eigenvalue weighted by atomic mass is 10.2. The van der Waals surface area contributed by atoms with Crippen LogP contribution in [-0.2, 0) is 4.79 Å². The molecular formula is C21H21N3O4S. The van der Waals surface area contributed by atoms with Crippen LogP contribution in [0.2, 0.25) is 0 Å². The van der Waals surface area contributed by atoms with Gasteiger partial charge in [0, 0.05) is 26.2 Å². The van der Waals surface area contributed by atoms with E-state index in [1.54, 1.807) is 18.4 Å². The van der Waals surface area contributed by atoms with E-state index in [-0.39, 0.29) is 12.5 Å². The topological polar surface area (TPSA) is 64.1 Å². The largest absolute Gasteiger partial charge is 0.494 e. The minimum atomic E-state index is -0.594. The number of aromatic nitrogens is 1. The number of rotatable bonds is 3. The first-order chi connectivity index (χ1) is 14.2. The molecule has 0 radical (unpaired) electrons. The van der Waals surface area contributed by atoms with Gasteiger partial charge in [0.25, 0.3) is 5.91 Å². The third-order valence-electron chi connectivity index (χ3n) is 5.24. The molecule has 1 aromatic heterocycles. The number of hydrogen-bond donors (Lipinski definition) is 0. The van der Waals surface area contributed by atoms with Gasteiger partial charge in [0.1, 0.15) is 17.9 Å². The average Bonchev–Trinajstić information content (AvgIpc) is 3.23. The normalized spacial score (nSPS) is 18.7. The summed E-state index contributed by atoms with van der Waals surface area (Å²) in [7, 11) is 1.66. The van der Waals surface area contributed by atoms with Crippen molar-refractivity contribution in [3.05, 3.63) is 42.5 Å². The number of para-hydroxylation sites is 3. The number of thiazole rings is 1. The zero-order chi connectivity index (χ0) is 19.8. The summed E-state index contributed by atoms with van der Waals surface area (Å²) in [5, 5.41) is 0.961. The molecule has 0 bridgehead atoms. The van der Waals surface area contributed by atoms with Gasteiger partial charge >= 0.3 is 0 Å². The van der Waals surface area contributed by atoms with Crippen molar-refractivity contribution in [1.29, 1.82) is 0 Å². The second-order valence-corrected chi connectivity index (χ2v) is 7.99. The molecule has 5 rings (SSSR count). The summed E-state index contributed by atoms with van der Waals surface area (Å²) >= 11 is 1.65. The number of methoxy groups -OCH3 is 1. The lowest BCUT2D eigenvalue weighted by Crippen LogP contribution is -2.54. The SMILES string of the molecule is COc1cccc2sc(N3CCN(C(=O)[C@@H]4COc5ccccc5O4)CC3)nc12. The molecular weight excluding hydrogens is 390 g/mol. The number of ether oxygens (including phenoxy) is 3. The first kappa shape index (κ1) is 18.1. The molecule has 2 aliphatic rings. The van der Waals surface area contributed by atoms with Crippen molar-refractivity contribution < 1.29 is 19.0 Å². The highest BCUT2D eigenvalue weighted by atomic mass is 32.1. The van der Waals surface area contributed by atoms with E-state index in [0.717, 1.165) is 34.2 Å². The summed E-state index contributed by atoms with van der Waals surface area (Å²) < 4.78 is 18.1. The fourth-order valence-corrected chi connectivity index (χ4v) is 4.71. The molecule has 8 heteroatoms. The minimum absolute atomic E-state index is 0.0230. The van der Waals surface area contributed by atoms with E-state index in [0.29, 0.717) is 24.6 Å². The van der Waals surface area contributed by atoms with Gasteiger partial charge in [0.2, 0.25) is 6.10 Å². The van der Waals surface area contributed by atoms with Crippen molar-refractivity contribution >= 4 is 32.6 Å². The van der Waals surface area contributed by atoms with Crippen molar-refractivity contribution in [1.82, 2.24) is 9.88 Å². The van der Waals surface area contributed by atoms with Crippen LogP contribution in [0.5, 0.6) is 17.2 Å². The van der Waals surface area contributed by atoms with Gasteiger partial charge in [-0.3, -0.25) is 4.79 Å². The molecule has 0 unspecified atom stereocenters. The standard InChI is InChI=1S/C21H21N3O4S/c1-26-16-7-4-8-18-19(16)22-21(29-18)24-11-9-23(10-12-24)20(25)17-13-27-14-5-2-3-6-15(14)28-17/h2-8,17H,9-13H2,1H3/t17-/m0/s1. The van der Waals surface area contributed by atoms with Gasteiger partial charge in [-0.2, -0.15) is 0 Å². The number of carbonyl (C=O) groups is 1. The molecule has 3 aromatic rings. The Morgan fingerprint density at radius 3 is 2.69 bits per heavy atom. The molecule has 150 valence electrons. The Hall–Kier alpha value is -3.00. The fourth-order valence-electron chi connectivity index (χ4n) is 3.67. The Kier molecular flexibility index (Phi) is 4.63. The van der Waals surface area contributed by atoms with Crippen LogP contribution >= 0.6 is 11.3 Å². The van der Waals surface area contributed by atoms with Crippen LogP contribution in [0.3, 0.4) is 0 Å². The van der Waals surface area contributed by atoms with Gasteiger partial charge in [0.15, 0.2) is 16.6 Å². The first-order valence-corrected chi connectivity index (χ1v) is 10.4. The zero-order valence-electron chi connectivity index (χ0n) is 16.0. The van der Waals surface area contributed by atoms with Crippen molar-refractivity contribution in [2.75, 3.05) is 44.8 Å². The number of piperazine rings is 1. The minimum Gasteiger partial charge on any atom is -0.494 e. The maximum absolute atomic E-state index is 12.9. The molecule has 1 atom stereocenters. The molecule has 0 aliphatic carbocycles. The van der Waals surface area contributed by atoms with Crippen molar-refractivity contribution in [3.63, 3.8) is 0 Å². The van der Waals surface area contributed by atoms with E-state index < -0.39 is 6.10 Å². The highest BCUT2D eigenvalue weighted by Gasteiger charge is 2.33. The van der Waals surface area contributed by atoms with Gasteiger partial charge in [-0.25, -0.2) is 4.98 Å². The molecule has 0 N–H and O–H groups in total. The van der Waals surface area contributed by atoms with Crippen LogP contribution in [0.15, 0.2) is 42.5 Å². The molecule has 3 heterocycles. The molecule has 1 fully saturated rings. The second kappa shape index (κ2) is 7.44. The number of anilines is 1. The third-order valence-corrected chi connectivity index (χ3v) is 6.32. The molecule has 0 saturated carbocycles. The summed E-state index contributed by atoms with van der Waals surface area (Å²) in [5.74, 6) is 2.07. The van der Waals surface area contributed by atoms with Crippen LogP contribution < -0.4 is 19.1 Å². The molecule has 7 nitrogen and oxygen atoms in total. The predicted octanol–water partition coefficient (Wildman–Crippen LogP) is 2.79. The second-order valence-electron chi connectivity index (χ2n) is 6.98. The van der Waals surface area contributed by atoms with E-state index >= 15 is 0 Å². The van der Waals surface area contributed by atoms with E-state index in [4.69, 9.17) is 19.2 Å². The summed E-state index contributed by atoms with van der Waals surface area (Å²) in [6.07, 6.45) is -0.594. The van der Waals surface area contributed by atoms with Gasteiger partial charge in [-0.1, -0.05) is 29.5 Å². The van der Waals surface area contributed by atoms with Crippen LogP contribution in [0.25, 0.3) is 10.2 Å². The molecule has 2 aromatic carbocycles. The first-order valence-electron chi connectivity index (χ1n) is 9.58. The maximum Gasteiger partial charge on any atom is 0.267 e. The van der Waals surface area contributed by atoms with E-state index in [2.05, 4.69) is 11.0 Å². The summed E-state index contributed by atoms with van der Waals surface area (Å²) in [5.41, 5.74) is 0.889. The summed E-state index contributed by atoms with van der Waals surface area (Å²) in [4.78, 5) is 21.7. The van der Waals surface area contributed by atoms with E-state index in [1.807, 2.05) is 41.3 Å². The van der Waals surface area contributed by atoms with Gasteiger partial charge in [-0.05, 0) is 24.3 Å². The number of hydrogen-bond acceptors (Lipinski definition) is 7. The Morgan fingerprint density at radius 2 is 1.90 bits per heavy atom. The molecule has 1 saturated heterocycles. The van der Waals surface area contributed by atoms with Gasteiger partial charge < -0.3 is 24.0 Å². The highest BCUT2D eigenvalue weighted by Crippen LogP contribution is 2.35. The number of amides is 1. The average molecular weight is 411 g/mol. The van der Waals surface area contributed by atoms with Crippen LogP contribution in [0, 0.1) is 0 Å². The highest BCUT2D eigenvalue weighted by molar-refractivity contribution is 7.22.